The fraction of sp³-hybridized carbons (Fsp3) is 0.290. The number of pyridine rings is 1. The van der Waals surface area contributed by atoms with E-state index in [2.05, 4.69) is 22.5 Å². The lowest BCUT2D eigenvalue weighted by molar-refractivity contribution is -0.0568. The van der Waals surface area contributed by atoms with Gasteiger partial charge in [0, 0.05) is 23.7 Å². The zero-order chi connectivity index (χ0) is 25.5. The van der Waals surface area contributed by atoms with Crippen LogP contribution in [0.4, 0.5) is 0 Å². The van der Waals surface area contributed by atoms with Crippen molar-refractivity contribution in [2.45, 2.75) is 25.0 Å². The van der Waals surface area contributed by atoms with E-state index in [0.29, 0.717) is 17.4 Å². The van der Waals surface area contributed by atoms with Crippen LogP contribution in [0.5, 0.6) is 11.5 Å². The summed E-state index contributed by atoms with van der Waals surface area (Å²) in [5, 5.41) is 12.5. The van der Waals surface area contributed by atoms with Gasteiger partial charge in [-0.15, -0.1) is 6.58 Å². The summed E-state index contributed by atoms with van der Waals surface area (Å²) in [6, 6.07) is 18.4. The van der Waals surface area contributed by atoms with Crippen molar-refractivity contribution in [2.75, 3.05) is 20.2 Å². The summed E-state index contributed by atoms with van der Waals surface area (Å²) in [5.41, 5.74) is 2.26. The van der Waals surface area contributed by atoms with E-state index in [4.69, 9.17) is 9.47 Å². The van der Waals surface area contributed by atoms with Crippen LogP contribution < -0.4 is 4.74 Å². The van der Waals surface area contributed by atoms with Gasteiger partial charge in [0.25, 0.3) is 0 Å². The molecule has 0 spiro atoms. The van der Waals surface area contributed by atoms with E-state index in [9.17, 15) is 9.90 Å². The maximum Gasteiger partial charge on any atom is 0.338 e. The number of carbonyl (C=O) groups excluding carboxylic acids is 1. The van der Waals surface area contributed by atoms with E-state index in [0.717, 1.165) is 58.9 Å². The van der Waals surface area contributed by atoms with Gasteiger partial charge in [-0.2, -0.15) is 0 Å². The second kappa shape index (κ2) is 9.52. The van der Waals surface area contributed by atoms with Gasteiger partial charge in [-0.25, -0.2) is 4.79 Å². The number of aromatic hydroxyl groups is 1. The average Bonchev–Trinajstić information content (AvgIpc) is 2.95. The molecule has 4 heterocycles. The highest BCUT2D eigenvalue weighted by molar-refractivity contribution is 5.96. The number of methoxy groups -OCH3 is 1. The molecule has 3 aliphatic rings. The topological polar surface area (TPSA) is 71.9 Å². The van der Waals surface area contributed by atoms with Gasteiger partial charge in [0.15, 0.2) is 0 Å². The molecule has 0 radical (unpaired) electrons. The van der Waals surface area contributed by atoms with Gasteiger partial charge < -0.3 is 14.6 Å². The number of piperidine rings is 3. The van der Waals surface area contributed by atoms with Crippen molar-refractivity contribution in [3.8, 4) is 11.5 Å². The Bertz CT molecular complexity index is 1500. The lowest BCUT2D eigenvalue weighted by Crippen LogP contribution is -2.55. The third-order valence-corrected chi connectivity index (χ3v) is 8.09. The number of benzene rings is 3. The highest BCUT2D eigenvalue weighted by Gasteiger charge is 2.44. The standard InChI is InChI=1S/C31H30N2O4/c1-3-19-18-33-13-11-22(19)16-29(33)30(26-10-12-32-28-9-8-25(36-2)17-27(26)28)37-31(35)23-5-4-21-15-24(34)7-6-20(21)14-23/h3-10,12,14-15,17,19,22,29-30,34H,1,11,13,16,18H2,2H3/t19-,22-,29-,30+/m0/s1. The molecule has 0 aliphatic carbocycles. The molecule has 3 saturated heterocycles. The number of hydrogen-bond acceptors (Lipinski definition) is 6. The Balaban J connectivity index is 1.41. The Labute approximate surface area is 216 Å². The van der Waals surface area contributed by atoms with Crippen LogP contribution >= 0.6 is 0 Å². The van der Waals surface area contributed by atoms with Gasteiger partial charge in [0.05, 0.1) is 24.2 Å². The summed E-state index contributed by atoms with van der Waals surface area (Å²) in [4.78, 5) is 20.6. The summed E-state index contributed by atoms with van der Waals surface area (Å²) in [6.07, 6.45) is 5.48. The average molecular weight is 495 g/mol. The molecule has 1 unspecified atom stereocenters. The van der Waals surface area contributed by atoms with Gasteiger partial charge in [0.1, 0.15) is 17.6 Å². The maximum atomic E-state index is 13.6. The minimum Gasteiger partial charge on any atom is -0.508 e. The Morgan fingerprint density at radius 1 is 1.14 bits per heavy atom. The number of phenolic OH excluding ortho intramolecular Hbond substituents is 1. The van der Waals surface area contributed by atoms with E-state index in [1.165, 1.54) is 0 Å². The van der Waals surface area contributed by atoms with Gasteiger partial charge in [-0.05, 0) is 90.5 Å². The van der Waals surface area contributed by atoms with Crippen molar-refractivity contribution in [3.63, 3.8) is 0 Å². The Kier molecular flexibility index (Phi) is 6.05. The summed E-state index contributed by atoms with van der Waals surface area (Å²) >= 11 is 0. The highest BCUT2D eigenvalue weighted by atomic mass is 16.5. The van der Waals surface area contributed by atoms with Gasteiger partial charge in [0.2, 0.25) is 0 Å². The van der Waals surface area contributed by atoms with Crippen LogP contribution in [0.3, 0.4) is 0 Å². The fourth-order valence-electron chi connectivity index (χ4n) is 6.11. The molecule has 4 aromatic rings. The van der Waals surface area contributed by atoms with E-state index in [-0.39, 0.29) is 17.8 Å². The van der Waals surface area contributed by atoms with Crippen LogP contribution in [0.2, 0.25) is 0 Å². The van der Waals surface area contributed by atoms with Crippen molar-refractivity contribution < 1.29 is 19.4 Å². The molecule has 1 aromatic heterocycles. The SMILES string of the molecule is C=C[C@H]1CN2CC[C@H]1C[C@H]2[C@H](OC(=O)c1ccc2cc(O)ccc2c1)c1ccnc2ccc(OC)cc12. The number of aromatic nitrogens is 1. The fourth-order valence-corrected chi connectivity index (χ4v) is 6.11. The monoisotopic (exact) mass is 494 g/mol. The molecule has 3 aliphatic heterocycles. The molecule has 2 bridgehead atoms. The molecule has 3 fully saturated rings. The number of carbonyl (C=O) groups is 1. The molecule has 7 rings (SSSR count). The lowest BCUT2D eigenvalue weighted by atomic mass is 9.73. The third-order valence-electron chi connectivity index (χ3n) is 8.09. The maximum absolute atomic E-state index is 13.6. The number of nitrogens with zero attached hydrogens (tertiary/aromatic N) is 2. The summed E-state index contributed by atoms with van der Waals surface area (Å²) in [7, 11) is 1.65. The predicted octanol–water partition coefficient (Wildman–Crippen LogP) is 5.90. The van der Waals surface area contributed by atoms with E-state index in [1.54, 1.807) is 31.5 Å². The van der Waals surface area contributed by atoms with Crippen LogP contribution in [-0.4, -0.2) is 47.2 Å². The largest absolute Gasteiger partial charge is 0.508 e. The number of ether oxygens (including phenoxy) is 2. The van der Waals surface area contributed by atoms with E-state index >= 15 is 0 Å². The van der Waals surface area contributed by atoms with Crippen LogP contribution in [0.25, 0.3) is 21.7 Å². The first-order valence-electron chi connectivity index (χ1n) is 12.8. The van der Waals surface area contributed by atoms with Crippen molar-refractivity contribution in [3.05, 3.63) is 90.6 Å². The third kappa shape index (κ3) is 4.31. The van der Waals surface area contributed by atoms with Crippen LogP contribution in [0.15, 0.2) is 79.5 Å². The number of fused-ring (bicyclic) bond motifs is 5. The van der Waals surface area contributed by atoms with Crippen LogP contribution in [0.1, 0.15) is 34.9 Å². The number of rotatable bonds is 6. The number of esters is 1. The molecule has 6 nitrogen and oxygen atoms in total. The van der Waals surface area contributed by atoms with Gasteiger partial charge in [-0.3, -0.25) is 9.88 Å². The smallest absolute Gasteiger partial charge is 0.338 e. The molecule has 37 heavy (non-hydrogen) atoms. The second-order valence-electron chi connectivity index (χ2n) is 10.1. The highest BCUT2D eigenvalue weighted by Crippen LogP contribution is 2.44. The molecular weight excluding hydrogens is 464 g/mol. The first-order valence-corrected chi connectivity index (χ1v) is 12.8. The zero-order valence-corrected chi connectivity index (χ0v) is 20.8. The normalized spacial score (nSPS) is 23.6. The molecule has 1 N–H and O–H groups in total. The zero-order valence-electron chi connectivity index (χ0n) is 20.8. The molecule has 6 heteroatoms. The summed E-state index contributed by atoms with van der Waals surface area (Å²) in [6.45, 7) is 5.97. The van der Waals surface area contributed by atoms with Crippen LogP contribution in [0, 0.1) is 11.8 Å². The van der Waals surface area contributed by atoms with Gasteiger partial charge in [-0.1, -0.05) is 18.2 Å². The van der Waals surface area contributed by atoms with Gasteiger partial charge >= 0.3 is 5.97 Å². The molecule has 5 atom stereocenters. The Hall–Kier alpha value is -3.90. The molecule has 3 aromatic carbocycles. The minimum absolute atomic E-state index is 0.0631. The van der Waals surface area contributed by atoms with E-state index < -0.39 is 6.10 Å². The Morgan fingerprint density at radius 2 is 1.97 bits per heavy atom. The van der Waals surface area contributed by atoms with Crippen LogP contribution in [-0.2, 0) is 4.74 Å². The second-order valence-corrected chi connectivity index (χ2v) is 10.1. The molecule has 0 saturated carbocycles. The summed E-state index contributed by atoms with van der Waals surface area (Å²) < 4.78 is 11.9. The Morgan fingerprint density at radius 3 is 2.76 bits per heavy atom. The number of phenols is 1. The molecule has 188 valence electrons. The minimum atomic E-state index is -0.464. The molecule has 0 amide bonds. The summed E-state index contributed by atoms with van der Waals surface area (Å²) in [5.74, 6) is 1.57. The van der Waals surface area contributed by atoms with Crippen molar-refractivity contribution >= 4 is 27.6 Å². The first kappa shape index (κ1) is 23.5. The lowest BCUT2D eigenvalue weighted by Gasteiger charge is -2.51. The van der Waals surface area contributed by atoms with Crippen molar-refractivity contribution in [1.82, 2.24) is 9.88 Å². The van der Waals surface area contributed by atoms with Crippen molar-refractivity contribution in [1.29, 1.82) is 0 Å². The molecular formula is C31H30N2O4. The quantitative estimate of drug-likeness (QED) is 0.266. The van der Waals surface area contributed by atoms with E-state index in [1.807, 2.05) is 42.5 Å². The first-order chi connectivity index (χ1) is 18.0. The number of hydrogen-bond donors (Lipinski definition) is 1. The van der Waals surface area contributed by atoms with Crippen molar-refractivity contribution in [2.24, 2.45) is 11.8 Å². The predicted molar refractivity (Wildman–Crippen MR) is 144 cm³/mol.